The second-order valence-electron chi connectivity index (χ2n) is 4.95. The van der Waals surface area contributed by atoms with E-state index >= 15 is 0 Å². The van der Waals surface area contributed by atoms with Crippen LogP contribution < -0.4 is 5.32 Å². The highest BCUT2D eigenvalue weighted by Crippen LogP contribution is 2.16. The third-order valence-electron chi connectivity index (χ3n) is 2.97. The molecule has 0 spiro atoms. The summed E-state index contributed by atoms with van der Waals surface area (Å²) in [7, 11) is 1.68. The van der Waals surface area contributed by atoms with Crippen LogP contribution in [-0.2, 0) is 21.4 Å². The monoisotopic (exact) mass is 395 g/mol. The number of benzene rings is 1. The maximum atomic E-state index is 13.5. The lowest BCUT2D eigenvalue weighted by atomic mass is 10.2. The molecule has 0 fully saturated rings. The van der Waals surface area contributed by atoms with Gasteiger partial charge in [-0.2, -0.15) is 5.10 Å². The molecule has 6 nitrogen and oxygen atoms in total. The number of amides is 1. The molecule has 1 aromatic carbocycles. The van der Waals surface area contributed by atoms with Crippen molar-refractivity contribution in [2.24, 2.45) is 7.05 Å². The SMILES string of the molecule is Cc1cc(NC(=O)COC(=O)/C=C/c2cc(Br)ccc2F)n(C)n1. The second kappa shape index (κ2) is 7.87. The van der Waals surface area contributed by atoms with E-state index in [-0.39, 0.29) is 5.56 Å². The van der Waals surface area contributed by atoms with E-state index in [1.54, 1.807) is 26.1 Å². The Morgan fingerprint density at radius 2 is 2.17 bits per heavy atom. The average Bonchev–Trinajstić information content (AvgIpc) is 2.83. The van der Waals surface area contributed by atoms with Gasteiger partial charge in [0.05, 0.1) is 5.69 Å². The van der Waals surface area contributed by atoms with Gasteiger partial charge in [0.25, 0.3) is 5.91 Å². The lowest BCUT2D eigenvalue weighted by molar-refractivity contribution is -0.142. The van der Waals surface area contributed by atoms with Crippen LogP contribution in [0.3, 0.4) is 0 Å². The van der Waals surface area contributed by atoms with Crippen LogP contribution in [0.1, 0.15) is 11.3 Å². The van der Waals surface area contributed by atoms with Gasteiger partial charge in [-0.1, -0.05) is 15.9 Å². The lowest BCUT2D eigenvalue weighted by Crippen LogP contribution is -2.21. The standard InChI is InChI=1S/C16H15BrFN3O3/c1-10-7-14(21(2)20-10)19-15(22)9-24-16(23)6-3-11-8-12(17)4-5-13(11)18/h3-8H,9H2,1-2H3,(H,19,22)/b6-3+. The lowest BCUT2D eigenvalue weighted by Gasteiger charge is -2.05. The van der Waals surface area contributed by atoms with Crippen LogP contribution in [0, 0.1) is 12.7 Å². The topological polar surface area (TPSA) is 73.2 Å². The van der Waals surface area contributed by atoms with Gasteiger partial charge < -0.3 is 10.1 Å². The maximum absolute atomic E-state index is 13.5. The fourth-order valence-electron chi connectivity index (χ4n) is 1.89. The quantitative estimate of drug-likeness (QED) is 0.623. The zero-order valence-electron chi connectivity index (χ0n) is 13.0. The van der Waals surface area contributed by atoms with Crippen molar-refractivity contribution in [3.63, 3.8) is 0 Å². The van der Waals surface area contributed by atoms with Gasteiger partial charge in [0.1, 0.15) is 11.6 Å². The van der Waals surface area contributed by atoms with Gasteiger partial charge in [-0.25, -0.2) is 9.18 Å². The molecule has 1 amide bonds. The molecular formula is C16H15BrFN3O3. The predicted octanol–water partition coefficient (Wildman–Crippen LogP) is 2.83. The molecule has 2 aromatic rings. The smallest absolute Gasteiger partial charge is 0.331 e. The summed E-state index contributed by atoms with van der Waals surface area (Å²) in [5.41, 5.74) is 0.986. The number of nitrogens with zero attached hydrogens (tertiary/aromatic N) is 2. The molecule has 8 heteroatoms. The number of aryl methyl sites for hydroxylation is 2. The van der Waals surface area contributed by atoms with Crippen molar-refractivity contribution in [3.05, 3.63) is 51.9 Å². The summed E-state index contributed by atoms with van der Waals surface area (Å²) in [6, 6.07) is 6.04. The molecule has 0 aliphatic rings. The summed E-state index contributed by atoms with van der Waals surface area (Å²) in [6.45, 7) is 1.34. The number of ether oxygens (including phenoxy) is 1. The molecule has 24 heavy (non-hydrogen) atoms. The maximum Gasteiger partial charge on any atom is 0.331 e. The second-order valence-corrected chi connectivity index (χ2v) is 5.87. The van der Waals surface area contributed by atoms with Crippen LogP contribution in [0.5, 0.6) is 0 Å². The number of halogens is 2. The molecular weight excluding hydrogens is 381 g/mol. The minimum absolute atomic E-state index is 0.233. The first-order valence-electron chi connectivity index (χ1n) is 6.95. The van der Waals surface area contributed by atoms with Crippen molar-refractivity contribution in [1.82, 2.24) is 9.78 Å². The number of carbonyl (C=O) groups excluding carboxylic acids is 2. The molecule has 0 saturated carbocycles. The third-order valence-corrected chi connectivity index (χ3v) is 3.47. The van der Waals surface area contributed by atoms with Crippen molar-refractivity contribution < 1.29 is 18.7 Å². The Labute approximate surface area is 146 Å². The predicted molar refractivity (Wildman–Crippen MR) is 90.7 cm³/mol. The van der Waals surface area contributed by atoms with E-state index in [9.17, 15) is 14.0 Å². The first kappa shape index (κ1) is 17.9. The Hall–Kier alpha value is -2.48. The normalized spacial score (nSPS) is 10.8. The average molecular weight is 396 g/mol. The van der Waals surface area contributed by atoms with E-state index in [0.717, 1.165) is 11.8 Å². The van der Waals surface area contributed by atoms with Crippen molar-refractivity contribution in [1.29, 1.82) is 0 Å². The van der Waals surface area contributed by atoms with E-state index in [4.69, 9.17) is 4.74 Å². The highest BCUT2D eigenvalue weighted by atomic mass is 79.9. The first-order chi connectivity index (χ1) is 11.3. The van der Waals surface area contributed by atoms with Gasteiger partial charge in [0, 0.05) is 29.2 Å². The number of hydrogen-bond acceptors (Lipinski definition) is 4. The minimum atomic E-state index is -0.745. The third kappa shape index (κ3) is 5.02. The van der Waals surface area contributed by atoms with Gasteiger partial charge in [0.15, 0.2) is 6.61 Å². The Morgan fingerprint density at radius 3 is 2.83 bits per heavy atom. The van der Waals surface area contributed by atoms with Gasteiger partial charge in [-0.05, 0) is 31.2 Å². The molecule has 1 heterocycles. The molecule has 0 aliphatic heterocycles. The fraction of sp³-hybridized carbons (Fsp3) is 0.188. The van der Waals surface area contributed by atoms with Gasteiger partial charge in [-0.15, -0.1) is 0 Å². The fourth-order valence-corrected chi connectivity index (χ4v) is 2.27. The number of anilines is 1. The zero-order valence-corrected chi connectivity index (χ0v) is 14.6. The van der Waals surface area contributed by atoms with Gasteiger partial charge >= 0.3 is 5.97 Å². The number of rotatable bonds is 5. The van der Waals surface area contributed by atoms with Crippen LogP contribution >= 0.6 is 15.9 Å². The van der Waals surface area contributed by atoms with E-state index in [0.29, 0.717) is 10.3 Å². The summed E-state index contributed by atoms with van der Waals surface area (Å²) in [5.74, 6) is -1.20. The van der Waals surface area contributed by atoms with Crippen LogP contribution in [0.2, 0.25) is 0 Å². The van der Waals surface area contributed by atoms with Crippen LogP contribution in [0.4, 0.5) is 10.2 Å². The van der Waals surface area contributed by atoms with Crippen molar-refractivity contribution in [3.8, 4) is 0 Å². The van der Waals surface area contributed by atoms with E-state index in [1.165, 1.54) is 22.9 Å². The molecule has 126 valence electrons. The summed E-state index contributed by atoms with van der Waals surface area (Å²) in [4.78, 5) is 23.3. The molecule has 2 rings (SSSR count). The molecule has 0 bridgehead atoms. The number of nitrogens with one attached hydrogen (secondary N) is 1. The van der Waals surface area contributed by atoms with E-state index in [1.807, 2.05) is 0 Å². The van der Waals surface area contributed by atoms with E-state index < -0.39 is 24.3 Å². The molecule has 0 saturated heterocycles. The number of hydrogen-bond donors (Lipinski definition) is 1. The minimum Gasteiger partial charge on any atom is -0.452 e. The summed E-state index contributed by atoms with van der Waals surface area (Å²) in [6.07, 6.45) is 2.34. The first-order valence-corrected chi connectivity index (χ1v) is 7.75. The zero-order chi connectivity index (χ0) is 17.7. The Balaban J connectivity index is 1.86. The van der Waals surface area contributed by atoms with Crippen molar-refractivity contribution >= 4 is 39.7 Å². The summed E-state index contributed by atoms with van der Waals surface area (Å²) >= 11 is 3.22. The number of esters is 1. The van der Waals surface area contributed by atoms with Crippen LogP contribution in [0.25, 0.3) is 6.08 Å². The molecule has 0 aliphatic carbocycles. The van der Waals surface area contributed by atoms with Crippen molar-refractivity contribution in [2.75, 3.05) is 11.9 Å². The Morgan fingerprint density at radius 1 is 1.42 bits per heavy atom. The van der Waals surface area contributed by atoms with Crippen molar-refractivity contribution in [2.45, 2.75) is 6.92 Å². The summed E-state index contributed by atoms with van der Waals surface area (Å²) in [5, 5.41) is 6.65. The van der Waals surface area contributed by atoms with Crippen LogP contribution in [-0.4, -0.2) is 28.3 Å². The Bertz CT molecular complexity index is 802. The highest BCUT2D eigenvalue weighted by molar-refractivity contribution is 9.10. The van der Waals surface area contributed by atoms with Gasteiger partial charge in [-0.3, -0.25) is 9.48 Å². The molecule has 1 N–H and O–H groups in total. The molecule has 0 unspecified atom stereocenters. The van der Waals surface area contributed by atoms with Gasteiger partial charge in [0.2, 0.25) is 0 Å². The number of carbonyl (C=O) groups is 2. The largest absolute Gasteiger partial charge is 0.452 e. The molecule has 1 aromatic heterocycles. The molecule has 0 radical (unpaired) electrons. The van der Waals surface area contributed by atoms with Crippen LogP contribution in [0.15, 0.2) is 34.8 Å². The highest BCUT2D eigenvalue weighted by Gasteiger charge is 2.09. The summed E-state index contributed by atoms with van der Waals surface area (Å²) < 4.78 is 20.5. The Kier molecular flexibility index (Phi) is 5.86. The van der Waals surface area contributed by atoms with E-state index in [2.05, 4.69) is 26.3 Å². The number of aromatic nitrogens is 2. The molecule has 0 atom stereocenters.